The summed E-state index contributed by atoms with van der Waals surface area (Å²) in [5, 5.41) is 11.5. The summed E-state index contributed by atoms with van der Waals surface area (Å²) in [6.07, 6.45) is 2.26. The maximum atomic E-state index is 12.4. The quantitative estimate of drug-likeness (QED) is 0.793. The Balaban J connectivity index is 1.53. The van der Waals surface area contributed by atoms with Crippen molar-refractivity contribution in [2.45, 2.75) is 25.8 Å². The first kappa shape index (κ1) is 17.7. The van der Waals surface area contributed by atoms with Crippen molar-refractivity contribution < 1.29 is 23.9 Å². The summed E-state index contributed by atoms with van der Waals surface area (Å²) in [7, 11) is 0. The van der Waals surface area contributed by atoms with Crippen LogP contribution in [0.25, 0.3) is 0 Å². The number of carboxylic acids is 1. The first-order valence-corrected chi connectivity index (χ1v) is 8.43. The maximum absolute atomic E-state index is 12.4. The van der Waals surface area contributed by atoms with Crippen LogP contribution in [0.15, 0.2) is 47.1 Å². The number of anilines is 1. The summed E-state index contributed by atoms with van der Waals surface area (Å²) < 4.78 is 5.25. The van der Waals surface area contributed by atoms with Gasteiger partial charge in [-0.05, 0) is 36.2 Å². The van der Waals surface area contributed by atoms with Crippen LogP contribution >= 0.6 is 0 Å². The van der Waals surface area contributed by atoms with E-state index in [2.05, 4.69) is 5.32 Å². The van der Waals surface area contributed by atoms with Gasteiger partial charge in [0.1, 0.15) is 5.76 Å². The number of hydrogen-bond acceptors (Lipinski definition) is 4. The van der Waals surface area contributed by atoms with Crippen molar-refractivity contribution in [2.24, 2.45) is 5.92 Å². The number of likely N-dealkylation sites (tertiary alicyclic amines) is 1. The van der Waals surface area contributed by atoms with Gasteiger partial charge in [-0.15, -0.1) is 0 Å². The van der Waals surface area contributed by atoms with Crippen LogP contribution in [-0.4, -0.2) is 34.3 Å². The molecule has 1 unspecified atom stereocenters. The van der Waals surface area contributed by atoms with Crippen LogP contribution in [0.4, 0.5) is 5.69 Å². The fourth-order valence-corrected chi connectivity index (χ4v) is 2.94. The summed E-state index contributed by atoms with van der Waals surface area (Å²) >= 11 is 0. The lowest BCUT2D eigenvalue weighted by atomic mass is 10.1. The van der Waals surface area contributed by atoms with Gasteiger partial charge >= 0.3 is 5.97 Å². The molecule has 3 rings (SSSR count). The molecule has 1 saturated heterocycles. The Kier molecular flexibility index (Phi) is 5.36. The SMILES string of the molecule is O=C(O)CCc1ccc(NC(=O)C2CC(=O)N(Cc3ccco3)C2)cc1. The lowest BCUT2D eigenvalue weighted by molar-refractivity contribution is -0.137. The molecule has 26 heavy (non-hydrogen) atoms. The predicted octanol–water partition coefficient (Wildman–Crippen LogP) is 2.28. The molecule has 1 aliphatic heterocycles. The minimum atomic E-state index is -0.840. The summed E-state index contributed by atoms with van der Waals surface area (Å²) in [6, 6.07) is 10.6. The van der Waals surface area contributed by atoms with E-state index in [0.29, 0.717) is 31.0 Å². The van der Waals surface area contributed by atoms with Crippen molar-refractivity contribution in [1.29, 1.82) is 0 Å². The van der Waals surface area contributed by atoms with Gasteiger partial charge in [0, 0.05) is 25.1 Å². The molecule has 0 saturated carbocycles. The molecule has 2 N–H and O–H groups in total. The average Bonchev–Trinajstić information content (AvgIpc) is 3.25. The second-order valence-electron chi connectivity index (χ2n) is 6.33. The Hall–Kier alpha value is -3.09. The third-order valence-electron chi connectivity index (χ3n) is 4.36. The van der Waals surface area contributed by atoms with Gasteiger partial charge in [-0.1, -0.05) is 12.1 Å². The van der Waals surface area contributed by atoms with E-state index in [9.17, 15) is 14.4 Å². The highest BCUT2D eigenvalue weighted by atomic mass is 16.4. The van der Waals surface area contributed by atoms with Crippen molar-refractivity contribution in [3.8, 4) is 0 Å². The molecule has 7 nitrogen and oxygen atoms in total. The van der Waals surface area contributed by atoms with Crippen LogP contribution in [0, 0.1) is 5.92 Å². The lowest BCUT2D eigenvalue weighted by Gasteiger charge is -2.15. The second kappa shape index (κ2) is 7.86. The van der Waals surface area contributed by atoms with Crippen LogP contribution in [0.2, 0.25) is 0 Å². The van der Waals surface area contributed by atoms with E-state index in [-0.39, 0.29) is 24.7 Å². The Morgan fingerprint density at radius 1 is 1.23 bits per heavy atom. The lowest BCUT2D eigenvalue weighted by Crippen LogP contribution is -2.27. The molecule has 1 aromatic carbocycles. The van der Waals surface area contributed by atoms with E-state index < -0.39 is 11.9 Å². The molecule has 1 aromatic heterocycles. The molecule has 2 heterocycles. The van der Waals surface area contributed by atoms with Crippen molar-refractivity contribution in [1.82, 2.24) is 4.90 Å². The van der Waals surface area contributed by atoms with Crippen LogP contribution in [0.5, 0.6) is 0 Å². The predicted molar refractivity (Wildman–Crippen MR) is 93.3 cm³/mol. The van der Waals surface area contributed by atoms with E-state index in [4.69, 9.17) is 9.52 Å². The Morgan fingerprint density at radius 2 is 2.00 bits per heavy atom. The topological polar surface area (TPSA) is 99.8 Å². The fourth-order valence-electron chi connectivity index (χ4n) is 2.94. The number of benzene rings is 1. The summed E-state index contributed by atoms with van der Waals surface area (Å²) in [6.45, 7) is 0.732. The number of carbonyl (C=O) groups is 3. The number of nitrogens with zero attached hydrogens (tertiary/aromatic N) is 1. The van der Waals surface area contributed by atoms with Crippen molar-refractivity contribution in [2.75, 3.05) is 11.9 Å². The number of hydrogen-bond donors (Lipinski definition) is 2. The molecule has 2 aromatic rings. The molecule has 1 aliphatic rings. The smallest absolute Gasteiger partial charge is 0.303 e. The molecule has 1 atom stereocenters. The van der Waals surface area contributed by atoms with E-state index >= 15 is 0 Å². The number of carbonyl (C=O) groups excluding carboxylic acids is 2. The van der Waals surface area contributed by atoms with Crippen molar-refractivity contribution in [3.05, 3.63) is 54.0 Å². The highest BCUT2D eigenvalue weighted by Gasteiger charge is 2.34. The minimum absolute atomic E-state index is 0.0643. The van der Waals surface area contributed by atoms with Gasteiger partial charge in [0.05, 0.1) is 18.7 Å². The van der Waals surface area contributed by atoms with Gasteiger partial charge < -0.3 is 19.7 Å². The number of aryl methyl sites for hydroxylation is 1. The zero-order valence-corrected chi connectivity index (χ0v) is 14.2. The number of rotatable bonds is 7. The summed E-state index contributed by atoms with van der Waals surface area (Å²) in [4.78, 5) is 36.7. The van der Waals surface area contributed by atoms with Crippen molar-refractivity contribution in [3.63, 3.8) is 0 Å². The van der Waals surface area contributed by atoms with Gasteiger partial charge in [-0.2, -0.15) is 0 Å². The van der Waals surface area contributed by atoms with Crippen LogP contribution < -0.4 is 5.32 Å². The Bertz CT molecular complexity index is 783. The van der Waals surface area contributed by atoms with E-state index in [1.165, 1.54) is 0 Å². The number of aliphatic carboxylic acids is 1. The van der Waals surface area contributed by atoms with Gasteiger partial charge in [0.25, 0.3) is 0 Å². The summed E-state index contributed by atoms with van der Waals surface area (Å²) in [5.74, 6) is -0.808. The van der Waals surface area contributed by atoms with Crippen LogP contribution in [0.1, 0.15) is 24.2 Å². The Labute approximate surface area is 150 Å². The number of amides is 2. The van der Waals surface area contributed by atoms with E-state index in [0.717, 1.165) is 5.56 Å². The maximum Gasteiger partial charge on any atom is 0.303 e. The fraction of sp³-hybridized carbons (Fsp3) is 0.316. The van der Waals surface area contributed by atoms with Gasteiger partial charge in [0.2, 0.25) is 11.8 Å². The molecule has 0 aliphatic carbocycles. The molecule has 0 radical (unpaired) electrons. The first-order valence-electron chi connectivity index (χ1n) is 8.43. The molecule has 2 amide bonds. The first-order chi connectivity index (χ1) is 12.5. The third kappa shape index (κ3) is 4.50. The monoisotopic (exact) mass is 356 g/mol. The number of nitrogens with one attached hydrogen (secondary N) is 1. The zero-order valence-electron chi connectivity index (χ0n) is 14.2. The highest BCUT2D eigenvalue weighted by Crippen LogP contribution is 2.22. The second-order valence-corrected chi connectivity index (χ2v) is 6.33. The van der Waals surface area contributed by atoms with Gasteiger partial charge in [0.15, 0.2) is 0 Å². The highest BCUT2D eigenvalue weighted by molar-refractivity contribution is 5.97. The number of furan rings is 1. The van der Waals surface area contributed by atoms with Gasteiger partial charge in [-0.3, -0.25) is 14.4 Å². The number of carboxylic acid groups (broad SMARTS) is 1. The molecule has 0 bridgehead atoms. The molecule has 7 heteroatoms. The van der Waals surface area contributed by atoms with E-state index in [1.54, 1.807) is 47.6 Å². The van der Waals surface area contributed by atoms with E-state index in [1.807, 2.05) is 0 Å². The standard InChI is InChI=1S/C19H20N2O5/c22-17-10-14(11-21(17)12-16-2-1-9-26-16)19(25)20-15-6-3-13(4-7-15)5-8-18(23)24/h1-4,6-7,9,14H,5,8,10-12H2,(H,20,25)(H,23,24). The summed E-state index contributed by atoms with van der Waals surface area (Å²) in [5.41, 5.74) is 1.53. The van der Waals surface area contributed by atoms with Crippen LogP contribution in [0.3, 0.4) is 0 Å². The minimum Gasteiger partial charge on any atom is -0.481 e. The molecular formula is C19H20N2O5. The molecular weight excluding hydrogens is 336 g/mol. The molecule has 0 spiro atoms. The molecule has 1 fully saturated rings. The third-order valence-corrected chi connectivity index (χ3v) is 4.36. The molecule has 136 valence electrons. The zero-order chi connectivity index (χ0) is 18.5. The van der Waals surface area contributed by atoms with Crippen molar-refractivity contribution >= 4 is 23.5 Å². The largest absolute Gasteiger partial charge is 0.481 e. The average molecular weight is 356 g/mol. The Morgan fingerprint density at radius 3 is 2.65 bits per heavy atom. The van der Waals surface area contributed by atoms with Crippen LogP contribution in [-0.2, 0) is 27.3 Å². The van der Waals surface area contributed by atoms with Gasteiger partial charge in [-0.25, -0.2) is 0 Å². The normalized spacial score (nSPS) is 16.7.